The molecule has 0 saturated heterocycles. The maximum absolute atomic E-state index is 12.9. The van der Waals surface area contributed by atoms with Crippen molar-refractivity contribution in [1.29, 1.82) is 0 Å². The van der Waals surface area contributed by atoms with E-state index in [-0.39, 0.29) is 18.3 Å². The third-order valence-electron chi connectivity index (χ3n) is 3.00. The molecule has 1 amide bonds. The second-order valence-electron chi connectivity index (χ2n) is 4.74. The van der Waals surface area contributed by atoms with E-state index in [4.69, 9.17) is 0 Å². The molecule has 1 unspecified atom stereocenters. The molecular weight excluding hydrogens is 293 g/mol. The highest BCUT2D eigenvalue weighted by atomic mass is 32.1. The average molecular weight is 309 g/mol. The molecule has 112 valence electrons. The zero-order chi connectivity index (χ0) is 15.5. The molecule has 1 aromatic heterocycles. The number of halogens is 1. The van der Waals surface area contributed by atoms with Crippen molar-refractivity contribution in [2.75, 3.05) is 18.9 Å². The first-order valence-corrected chi connectivity index (χ1v) is 7.14. The third kappa shape index (κ3) is 3.77. The molecule has 0 aliphatic carbocycles. The zero-order valence-electron chi connectivity index (χ0n) is 11.7. The minimum absolute atomic E-state index is 0.0181. The fourth-order valence-corrected chi connectivity index (χ4v) is 2.43. The number of nitrogens with zero attached hydrogens (tertiary/aromatic N) is 1. The van der Waals surface area contributed by atoms with E-state index in [9.17, 15) is 14.3 Å². The van der Waals surface area contributed by atoms with Crippen LogP contribution in [0.3, 0.4) is 0 Å². The topological polar surface area (TPSA) is 74.2 Å². The Morgan fingerprint density at radius 2 is 2.10 bits per heavy atom. The lowest BCUT2D eigenvalue weighted by Crippen LogP contribution is -2.38. The van der Waals surface area contributed by atoms with Crippen LogP contribution in [0.1, 0.15) is 22.2 Å². The second kappa shape index (κ2) is 6.19. The van der Waals surface area contributed by atoms with Crippen molar-refractivity contribution in [1.82, 2.24) is 10.3 Å². The first kappa shape index (κ1) is 15.4. The summed E-state index contributed by atoms with van der Waals surface area (Å²) < 4.78 is 12.9. The Kier molecular flexibility index (Phi) is 4.54. The largest absolute Gasteiger partial charge is 0.384 e. The number of anilines is 1. The summed E-state index contributed by atoms with van der Waals surface area (Å²) in [7, 11) is 1.72. The number of amides is 1. The molecule has 0 aliphatic rings. The quantitative estimate of drug-likeness (QED) is 0.789. The average Bonchev–Trinajstić information content (AvgIpc) is 2.94. The Hall–Kier alpha value is -1.99. The zero-order valence-corrected chi connectivity index (χ0v) is 12.5. The number of thiazole rings is 1. The van der Waals surface area contributed by atoms with E-state index in [0.717, 1.165) is 0 Å². The molecule has 1 atom stereocenters. The molecule has 0 saturated carbocycles. The van der Waals surface area contributed by atoms with Gasteiger partial charge in [-0.1, -0.05) is 23.5 Å². The molecule has 7 heteroatoms. The third-order valence-corrected chi connectivity index (χ3v) is 4.02. The number of rotatable bonds is 5. The molecule has 21 heavy (non-hydrogen) atoms. The predicted octanol–water partition coefficient (Wildman–Crippen LogP) is 1.96. The lowest BCUT2D eigenvalue weighted by molar-refractivity contribution is 0.0527. The lowest BCUT2D eigenvalue weighted by Gasteiger charge is -2.24. The summed E-state index contributed by atoms with van der Waals surface area (Å²) in [4.78, 5) is 16.4. The van der Waals surface area contributed by atoms with Crippen molar-refractivity contribution in [2.45, 2.75) is 12.5 Å². The fraction of sp³-hybridized carbons (Fsp3) is 0.286. The van der Waals surface area contributed by atoms with E-state index in [1.165, 1.54) is 41.8 Å². The van der Waals surface area contributed by atoms with Gasteiger partial charge in [-0.15, -0.1) is 0 Å². The van der Waals surface area contributed by atoms with Crippen LogP contribution in [-0.4, -0.2) is 29.6 Å². The second-order valence-corrected chi connectivity index (χ2v) is 5.77. The Balaban J connectivity index is 2.00. The van der Waals surface area contributed by atoms with E-state index in [2.05, 4.69) is 15.6 Å². The number of carbonyl (C=O) groups excluding carboxylic acids is 1. The van der Waals surface area contributed by atoms with Crippen LogP contribution in [0.4, 0.5) is 9.52 Å². The highest BCUT2D eigenvalue weighted by Crippen LogP contribution is 2.21. The molecule has 5 nitrogen and oxygen atoms in total. The molecule has 0 radical (unpaired) electrons. The SMILES string of the molecule is CNc1ncc(C(=O)NCC(C)(O)c2ccc(F)cc2)s1. The normalized spacial score (nSPS) is 13.5. The van der Waals surface area contributed by atoms with Crippen molar-refractivity contribution < 1.29 is 14.3 Å². The summed E-state index contributed by atoms with van der Waals surface area (Å²) in [6.07, 6.45) is 1.47. The van der Waals surface area contributed by atoms with E-state index >= 15 is 0 Å². The maximum atomic E-state index is 12.9. The van der Waals surface area contributed by atoms with E-state index in [0.29, 0.717) is 15.6 Å². The van der Waals surface area contributed by atoms with E-state index in [1.807, 2.05) is 0 Å². The van der Waals surface area contributed by atoms with Gasteiger partial charge in [0.05, 0.1) is 12.7 Å². The Bertz CT molecular complexity index is 625. The molecule has 1 aromatic carbocycles. The number of aromatic nitrogens is 1. The van der Waals surface area contributed by atoms with E-state index in [1.54, 1.807) is 14.0 Å². The van der Waals surface area contributed by atoms with Gasteiger partial charge in [0.25, 0.3) is 5.91 Å². The highest BCUT2D eigenvalue weighted by molar-refractivity contribution is 7.17. The van der Waals surface area contributed by atoms with Gasteiger partial charge in [0.1, 0.15) is 16.3 Å². The molecule has 1 heterocycles. The van der Waals surface area contributed by atoms with Crippen molar-refractivity contribution in [2.24, 2.45) is 0 Å². The van der Waals surface area contributed by atoms with Gasteiger partial charge in [0.15, 0.2) is 5.13 Å². The summed E-state index contributed by atoms with van der Waals surface area (Å²) in [6.45, 7) is 1.58. The van der Waals surface area contributed by atoms with Crippen molar-refractivity contribution >= 4 is 22.4 Å². The van der Waals surface area contributed by atoms with Crippen LogP contribution in [-0.2, 0) is 5.60 Å². The standard InChI is InChI=1S/C14H16FN3O2S/c1-14(20,9-3-5-10(15)6-4-9)8-18-12(19)11-7-17-13(16-2)21-11/h3-7,20H,8H2,1-2H3,(H,16,17)(H,18,19). The van der Waals surface area contributed by atoms with Gasteiger partial charge in [0, 0.05) is 7.05 Å². The lowest BCUT2D eigenvalue weighted by atomic mass is 9.96. The van der Waals surface area contributed by atoms with Gasteiger partial charge in [-0.2, -0.15) is 0 Å². The minimum atomic E-state index is -1.28. The maximum Gasteiger partial charge on any atom is 0.263 e. The Morgan fingerprint density at radius 1 is 1.43 bits per heavy atom. The molecule has 0 aliphatic heterocycles. The number of benzene rings is 1. The van der Waals surface area contributed by atoms with Crippen LogP contribution in [0.15, 0.2) is 30.5 Å². The summed E-state index contributed by atoms with van der Waals surface area (Å²) in [5, 5.41) is 16.5. The first-order chi connectivity index (χ1) is 9.92. The number of aliphatic hydroxyl groups is 1. The molecule has 0 bridgehead atoms. The summed E-state index contributed by atoms with van der Waals surface area (Å²) >= 11 is 1.22. The number of hydrogen-bond donors (Lipinski definition) is 3. The highest BCUT2D eigenvalue weighted by Gasteiger charge is 2.24. The molecule has 0 spiro atoms. The predicted molar refractivity (Wildman–Crippen MR) is 80.0 cm³/mol. The van der Waals surface area contributed by atoms with Crippen LogP contribution < -0.4 is 10.6 Å². The van der Waals surface area contributed by atoms with Crippen molar-refractivity contribution in [3.8, 4) is 0 Å². The van der Waals surface area contributed by atoms with Crippen LogP contribution >= 0.6 is 11.3 Å². The van der Waals surface area contributed by atoms with Gasteiger partial charge >= 0.3 is 0 Å². The van der Waals surface area contributed by atoms with Crippen LogP contribution in [0, 0.1) is 5.82 Å². The monoisotopic (exact) mass is 309 g/mol. The number of hydrogen-bond acceptors (Lipinski definition) is 5. The van der Waals surface area contributed by atoms with Gasteiger partial charge in [0.2, 0.25) is 0 Å². The Morgan fingerprint density at radius 3 is 2.67 bits per heavy atom. The van der Waals surface area contributed by atoms with Crippen LogP contribution in [0.2, 0.25) is 0 Å². The molecule has 2 aromatic rings. The number of carbonyl (C=O) groups is 1. The van der Waals surface area contributed by atoms with Gasteiger partial charge in [-0.3, -0.25) is 4.79 Å². The Labute approximate surface area is 125 Å². The van der Waals surface area contributed by atoms with Crippen LogP contribution in [0.5, 0.6) is 0 Å². The van der Waals surface area contributed by atoms with Gasteiger partial charge in [-0.25, -0.2) is 9.37 Å². The van der Waals surface area contributed by atoms with Crippen molar-refractivity contribution in [3.63, 3.8) is 0 Å². The molecule has 2 rings (SSSR count). The first-order valence-electron chi connectivity index (χ1n) is 6.32. The molecule has 3 N–H and O–H groups in total. The van der Waals surface area contributed by atoms with Crippen molar-refractivity contribution in [3.05, 3.63) is 46.7 Å². The smallest absolute Gasteiger partial charge is 0.263 e. The van der Waals surface area contributed by atoms with E-state index < -0.39 is 5.60 Å². The summed E-state index contributed by atoms with van der Waals surface area (Å²) in [5.74, 6) is -0.681. The fourth-order valence-electron chi connectivity index (χ4n) is 1.75. The number of nitrogens with one attached hydrogen (secondary N) is 2. The summed E-state index contributed by atoms with van der Waals surface area (Å²) in [5.41, 5.74) is -0.746. The molecule has 0 fully saturated rings. The molecular formula is C14H16FN3O2S. The van der Waals surface area contributed by atoms with Gasteiger partial charge in [-0.05, 0) is 24.6 Å². The van der Waals surface area contributed by atoms with Crippen LogP contribution in [0.25, 0.3) is 0 Å². The van der Waals surface area contributed by atoms with Gasteiger partial charge < -0.3 is 15.7 Å². The summed E-state index contributed by atoms with van der Waals surface area (Å²) in [6, 6.07) is 5.53. The minimum Gasteiger partial charge on any atom is -0.384 e.